The molecule has 4 heteroatoms. The predicted molar refractivity (Wildman–Crippen MR) is 97.2 cm³/mol. The zero-order chi connectivity index (χ0) is 16.4. The van der Waals surface area contributed by atoms with Crippen molar-refractivity contribution < 1.29 is 4.74 Å². The van der Waals surface area contributed by atoms with Crippen LogP contribution >= 0.6 is 0 Å². The van der Waals surface area contributed by atoms with Gasteiger partial charge in [-0.15, -0.1) is 0 Å². The van der Waals surface area contributed by atoms with Gasteiger partial charge in [0, 0.05) is 17.3 Å². The Labute approximate surface area is 138 Å². The van der Waals surface area contributed by atoms with Gasteiger partial charge in [0.15, 0.2) is 5.65 Å². The number of rotatable bonds is 1. The van der Waals surface area contributed by atoms with Gasteiger partial charge in [-0.2, -0.15) is 0 Å². The van der Waals surface area contributed by atoms with E-state index in [1.54, 1.807) is 7.11 Å². The second kappa shape index (κ2) is 4.51. The van der Waals surface area contributed by atoms with Gasteiger partial charge in [-0.05, 0) is 55.8 Å². The van der Waals surface area contributed by atoms with E-state index in [9.17, 15) is 0 Å². The molecule has 0 aliphatic rings. The standard InChI is InChI=1S/C20H17N3O/c1-12-4-6-18-16(8-12)21-20-19-10-14-9-15(24-3)5-7-17(14)22(19)11-13(2)23(18)20/h4-11H,1-3H3. The molecule has 3 aromatic heterocycles. The van der Waals surface area contributed by atoms with E-state index < -0.39 is 0 Å². The summed E-state index contributed by atoms with van der Waals surface area (Å²) in [5.74, 6) is 0.871. The van der Waals surface area contributed by atoms with Crippen LogP contribution < -0.4 is 4.74 Å². The molecule has 0 amide bonds. The van der Waals surface area contributed by atoms with Gasteiger partial charge in [-0.1, -0.05) is 6.07 Å². The van der Waals surface area contributed by atoms with E-state index in [2.05, 4.69) is 65.2 Å². The summed E-state index contributed by atoms with van der Waals surface area (Å²) in [6, 6.07) is 14.8. The van der Waals surface area contributed by atoms with E-state index in [4.69, 9.17) is 9.72 Å². The van der Waals surface area contributed by atoms with Crippen LogP contribution in [0, 0.1) is 13.8 Å². The Morgan fingerprint density at radius 1 is 0.917 bits per heavy atom. The quantitative estimate of drug-likeness (QED) is 0.455. The number of ether oxygens (including phenoxy) is 1. The van der Waals surface area contributed by atoms with E-state index in [0.29, 0.717) is 0 Å². The van der Waals surface area contributed by atoms with Crippen LogP contribution in [0.5, 0.6) is 5.75 Å². The monoisotopic (exact) mass is 315 g/mol. The molecule has 0 fully saturated rings. The molecule has 2 aromatic carbocycles. The lowest BCUT2D eigenvalue weighted by Gasteiger charge is -2.05. The maximum absolute atomic E-state index is 5.36. The van der Waals surface area contributed by atoms with Gasteiger partial charge in [0.2, 0.25) is 0 Å². The minimum atomic E-state index is 0.871. The number of benzene rings is 2. The maximum atomic E-state index is 5.36. The summed E-state index contributed by atoms with van der Waals surface area (Å²) < 4.78 is 9.82. The molecule has 4 nitrogen and oxygen atoms in total. The minimum Gasteiger partial charge on any atom is -0.497 e. The molecule has 0 aliphatic heterocycles. The van der Waals surface area contributed by atoms with Crippen LogP contribution in [-0.4, -0.2) is 20.9 Å². The number of methoxy groups -OCH3 is 1. The lowest BCUT2D eigenvalue weighted by Crippen LogP contribution is -1.96. The minimum absolute atomic E-state index is 0.871. The number of fused-ring (bicyclic) bond motifs is 7. The number of aromatic nitrogens is 3. The molecule has 3 heterocycles. The van der Waals surface area contributed by atoms with Gasteiger partial charge in [-0.25, -0.2) is 4.98 Å². The Morgan fingerprint density at radius 3 is 2.58 bits per heavy atom. The van der Waals surface area contributed by atoms with Gasteiger partial charge < -0.3 is 9.14 Å². The first kappa shape index (κ1) is 13.4. The average Bonchev–Trinajstić information content (AvgIpc) is 3.12. The van der Waals surface area contributed by atoms with Crippen LogP contribution in [0.4, 0.5) is 0 Å². The zero-order valence-electron chi connectivity index (χ0n) is 13.9. The van der Waals surface area contributed by atoms with E-state index in [1.165, 1.54) is 11.1 Å². The van der Waals surface area contributed by atoms with Gasteiger partial charge in [0.05, 0.1) is 29.2 Å². The first-order chi connectivity index (χ1) is 11.7. The Morgan fingerprint density at radius 2 is 1.75 bits per heavy atom. The third-order valence-corrected chi connectivity index (χ3v) is 4.75. The fourth-order valence-electron chi connectivity index (χ4n) is 3.62. The molecule has 0 N–H and O–H groups in total. The summed E-state index contributed by atoms with van der Waals surface area (Å²) in [6.45, 7) is 4.23. The fourth-order valence-corrected chi connectivity index (χ4v) is 3.62. The van der Waals surface area contributed by atoms with E-state index >= 15 is 0 Å². The van der Waals surface area contributed by atoms with E-state index in [0.717, 1.165) is 39.0 Å². The molecule has 0 atom stereocenters. The highest BCUT2D eigenvalue weighted by molar-refractivity contribution is 5.96. The molecular weight excluding hydrogens is 298 g/mol. The molecule has 24 heavy (non-hydrogen) atoms. The summed E-state index contributed by atoms with van der Waals surface area (Å²) in [4.78, 5) is 4.91. The van der Waals surface area contributed by atoms with Gasteiger partial charge in [0.25, 0.3) is 0 Å². The SMILES string of the molecule is COc1ccc2c(c1)cc1c3nc4cc(C)ccc4n3c(C)cn21. The summed E-state index contributed by atoms with van der Waals surface area (Å²) >= 11 is 0. The first-order valence-corrected chi connectivity index (χ1v) is 8.03. The molecule has 118 valence electrons. The molecule has 0 spiro atoms. The van der Waals surface area contributed by atoms with Crippen molar-refractivity contribution in [2.24, 2.45) is 0 Å². The molecule has 0 radical (unpaired) electrons. The van der Waals surface area contributed by atoms with Crippen molar-refractivity contribution in [3.63, 3.8) is 0 Å². The van der Waals surface area contributed by atoms with Gasteiger partial charge in [0.1, 0.15) is 5.75 Å². The zero-order valence-corrected chi connectivity index (χ0v) is 13.9. The third-order valence-electron chi connectivity index (χ3n) is 4.75. The molecule has 5 aromatic rings. The topological polar surface area (TPSA) is 30.9 Å². The molecule has 0 aliphatic carbocycles. The second-order valence-electron chi connectivity index (χ2n) is 6.36. The Balaban J connectivity index is 2.00. The highest BCUT2D eigenvalue weighted by Gasteiger charge is 2.13. The first-order valence-electron chi connectivity index (χ1n) is 8.03. The van der Waals surface area contributed by atoms with Crippen molar-refractivity contribution in [1.29, 1.82) is 0 Å². The van der Waals surface area contributed by atoms with Crippen LogP contribution in [0.15, 0.2) is 48.7 Å². The molecule has 0 bridgehead atoms. The third kappa shape index (κ3) is 1.65. The van der Waals surface area contributed by atoms with Crippen molar-refractivity contribution in [2.45, 2.75) is 13.8 Å². The highest BCUT2D eigenvalue weighted by Crippen LogP contribution is 2.29. The van der Waals surface area contributed by atoms with Crippen LogP contribution in [0.3, 0.4) is 0 Å². The molecule has 5 rings (SSSR count). The predicted octanol–water partition coefficient (Wildman–Crippen LogP) is 4.52. The molecule has 0 saturated heterocycles. The molecule has 0 saturated carbocycles. The number of nitrogens with zero attached hydrogens (tertiary/aromatic N) is 3. The number of imidazole rings is 1. The largest absolute Gasteiger partial charge is 0.497 e. The lowest BCUT2D eigenvalue weighted by molar-refractivity contribution is 0.415. The summed E-state index contributed by atoms with van der Waals surface area (Å²) in [6.07, 6.45) is 2.18. The Bertz CT molecular complexity index is 1260. The Hall–Kier alpha value is -3.01. The van der Waals surface area contributed by atoms with Crippen LogP contribution in [0.1, 0.15) is 11.3 Å². The van der Waals surface area contributed by atoms with Crippen molar-refractivity contribution in [3.8, 4) is 5.75 Å². The van der Waals surface area contributed by atoms with Gasteiger partial charge in [-0.3, -0.25) is 4.40 Å². The van der Waals surface area contributed by atoms with Crippen LogP contribution in [0.2, 0.25) is 0 Å². The average molecular weight is 315 g/mol. The highest BCUT2D eigenvalue weighted by atomic mass is 16.5. The Kier molecular flexibility index (Phi) is 2.52. The van der Waals surface area contributed by atoms with Crippen LogP contribution in [-0.2, 0) is 0 Å². The van der Waals surface area contributed by atoms with Crippen molar-refractivity contribution in [2.75, 3.05) is 7.11 Å². The van der Waals surface area contributed by atoms with Gasteiger partial charge >= 0.3 is 0 Å². The summed E-state index contributed by atoms with van der Waals surface area (Å²) in [5, 5.41) is 1.16. The number of hydrogen-bond acceptors (Lipinski definition) is 2. The summed E-state index contributed by atoms with van der Waals surface area (Å²) in [7, 11) is 1.70. The lowest BCUT2D eigenvalue weighted by atomic mass is 10.2. The second-order valence-corrected chi connectivity index (χ2v) is 6.36. The molecule has 0 unspecified atom stereocenters. The molecular formula is C20H17N3O. The smallest absolute Gasteiger partial charge is 0.162 e. The maximum Gasteiger partial charge on any atom is 0.162 e. The van der Waals surface area contributed by atoms with Crippen molar-refractivity contribution in [1.82, 2.24) is 13.8 Å². The van der Waals surface area contributed by atoms with E-state index in [-0.39, 0.29) is 0 Å². The number of hydrogen-bond donors (Lipinski definition) is 0. The fraction of sp³-hybridized carbons (Fsp3) is 0.150. The van der Waals surface area contributed by atoms with Crippen LogP contribution in [0.25, 0.3) is 33.1 Å². The normalized spacial score (nSPS) is 12.0. The van der Waals surface area contributed by atoms with E-state index in [1.807, 2.05) is 6.07 Å². The van der Waals surface area contributed by atoms with Crippen molar-refractivity contribution in [3.05, 3.63) is 59.9 Å². The van der Waals surface area contributed by atoms with Crippen molar-refractivity contribution >= 4 is 33.1 Å². The summed E-state index contributed by atoms with van der Waals surface area (Å²) in [5.41, 5.74) is 7.85. The number of aryl methyl sites for hydroxylation is 2.